The molecule has 0 aromatic carbocycles. The molecule has 1 heterocycles. The highest BCUT2D eigenvalue weighted by Gasteiger charge is 2.08. The van der Waals surface area contributed by atoms with Gasteiger partial charge in [-0.1, -0.05) is 23.4 Å². The highest BCUT2D eigenvalue weighted by atomic mass is 32.1. The molecule has 6 heteroatoms. The van der Waals surface area contributed by atoms with Crippen LogP contribution < -0.4 is 10.1 Å². The lowest BCUT2D eigenvalue weighted by Gasteiger charge is -2.09. The second-order valence-electron chi connectivity index (χ2n) is 3.52. The van der Waals surface area contributed by atoms with Crippen molar-refractivity contribution >= 4 is 11.3 Å². The highest BCUT2D eigenvalue weighted by Crippen LogP contribution is 2.18. The van der Waals surface area contributed by atoms with Gasteiger partial charge in [-0.15, -0.1) is 5.10 Å². The van der Waals surface area contributed by atoms with Crippen molar-refractivity contribution < 1.29 is 9.47 Å². The molecule has 0 amide bonds. The van der Waals surface area contributed by atoms with E-state index in [9.17, 15) is 0 Å². The normalized spacial score (nSPS) is 12.7. The maximum Gasteiger partial charge on any atom is 0.294 e. The Balaban J connectivity index is 2.33. The van der Waals surface area contributed by atoms with Crippen LogP contribution in [0.4, 0.5) is 0 Å². The van der Waals surface area contributed by atoms with Crippen molar-refractivity contribution in [2.45, 2.75) is 32.9 Å². The van der Waals surface area contributed by atoms with Crippen LogP contribution in [0, 0.1) is 0 Å². The number of hydrogen-bond acceptors (Lipinski definition) is 6. The van der Waals surface area contributed by atoms with E-state index in [1.54, 1.807) is 7.11 Å². The Morgan fingerprint density at radius 1 is 1.44 bits per heavy atom. The van der Waals surface area contributed by atoms with Crippen LogP contribution in [-0.2, 0) is 11.3 Å². The summed E-state index contributed by atoms with van der Waals surface area (Å²) in [6, 6.07) is 0. The van der Waals surface area contributed by atoms with Gasteiger partial charge in [0.2, 0.25) is 0 Å². The topological polar surface area (TPSA) is 56.3 Å². The first kappa shape index (κ1) is 13.3. The second kappa shape index (κ2) is 7.54. The Labute approximate surface area is 100 Å². The highest BCUT2D eigenvalue weighted by molar-refractivity contribution is 7.13. The number of ether oxygens (including phenoxy) is 2. The van der Waals surface area contributed by atoms with E-state index in [1.807, 2.05) is 6.92 Å². The number of methoxy groups -OCH3 is 1. The minimum absolute atomic E-state index is 0.00870. The number of aromatic nitrogens is 2. The summed E-state index contributed by atoms with van der Waals surface area (Å²) >= 11 is 1.48. The fourth-order valence-corrected chi connectivity index (χ4v) is 1.92. The van der Waals surface area contributed by atoms with Gasteiger partial charge in [-0.05, 0) is 19.9 Å². The predicted molar refractivity (Wildman–Crippen MR) is 63.9 cm³/mol. The van der Waals surface area contributed by atoms with Gasteiger partial charge in [0.15, 0.2) is 0 Å². The molecule has 0 bridgehead atoms. The van der Waals surface area contributed by atoms with E-state index in [4.69, 9.17) is 9.47 Å². The average molecular weight is 245 g/mol. The summed E-state index contributed by atoms with van der Waals surface area (Å²) in [7, 11) is 1.65. The Kier molecular flexibility index (Phi) is 6.29. The summed E-state index contributed by atoms with van der Waals surface area (Å²) in [5.74, 6) is 0. The lowest BCUT2D eigenvalue weighted by Crippen LogP contribution is -2.17. The van der Waals surface area contributed by atoms with Crippen molar-refractivity contribution in [3.63, 3.8) is 0 Å². The van der Waals surface area contributed by atoms with Gasteiger partial charge in [0.1, 0.15) is 11.1 Å². The molecular formula is C10H19N3O2S. The molecule has 16 heavy (non-hydrogen) atoms. The van der Waals surface area contributed by atoms with Crippen LogP contribution in [0.3, 0.4) is 0 Å². The van der Waals surface area contributed by atoms with E-state index in [2.05, 4.69) is 22.4 Å². The van der Waals surface area contributed by atoms with Gasteiger partial charge in [-0.2, -0.15) is 0 Å². The standard InChI is InChI=1S/C10H19N3O2S/c1-4-5-11-6-9-12-13-10(16-9)15-8(2)7-14-3/h8,11H,4-7H2,1-3H3. The Morgan fingerprint density at radius 2 is 2.25 bits per heavy atom. The van der Waals surface area contributed by atoms with Gasteiger partial charge in [0.05, 0.1) is 6.61 Å². The van der Waals surface area contributed by atoms with Crippen molar-refractivity contribution in [1.29, 1.82) is 0 Å². The monoisotopic (exact) mass is 245 g/mol. The lowest BCUT2D eigenvalue weighted by atomic mass is 10.4. The molecule has 1 unspecified atom stereocenters. The first-order valence-corrected chi connectivity index (χ1v) is 6.26. The minimum atomic E-state index is 0.00870. The average Bonchev–Trinajstić information content (AvgIpc) is 2.66. The summed E-state index contributed by atoms with van der Waals surface area (Å²) in [5, 5.41) is 12.8. The Morgan fingerprint density at radius 3 is 2.94 bits per heavy atom. The van der Waals surface area contributed by atoms with E-state index in [0.29, 0.717) is 11.8 Å². The van der Waals surface area contributed by atoms with Crippen LogP contribution in [0.15, 0.2) is 0 Å². The van der Waals surface area contributed by atoms with Crippen molar-refractivity contribution in [1.82, 2.24) is 15.5 Å². The molecule has 1 aromatic rings. The van der Waals surface area contributed by atoms with Gasteiger partial charge < -0.3 is 14.8 Å². The molecule has 1 N–H and O–H groups in total. The SMILES string of the molecule is CCCNCc1nnc(OC(C)COC)s1. The zero-order valence-corrected chi connectivity index (χ0v) is 10.8. The van der Waals surface area contributed by atoms with Crippen LogP contribution in [0.1, 0.15) is 25.3 Å². The zero-order chi connectivity index (χ0) is 11.8. The van der Waals surface area contributed by atoms with Crippen LogP contribution in [0.5, 0.6) is 5.19 Å². The zero-order valence-electron chi connectivity index (χ0n) is 10.0. The van der Waals surface area contributed by atoms with E-state index in [-0.39, 0.29) is 6.10 Å². The fraction of sp³-hybridized carbons (Fsp3) is 0.800. The number of nitrogens with one attached hydrogen (secondary N) is 1. The first-order valence-electron chi connectivity index (χ1n) is 5.45. The van der Waals surface area contributed by atoms with Gasteiger partial charge in [0.25, 0.3) is 5.19 Å². The molecule has 1 atom stereocenters. The predicted octanol–water partition coefficient (Wildman–Crippen LogP) is 1.45. The van der Waals surface area contributed by atoms with Crippen molar-refractivity contribution in [2.24, 2.45) is 0 Å². The van der Waals surface area contributed by atoms with Crippen LogP contribution in [0.2, 0.25) is 0 Å². The van der Waals surface area contributed by atoms with E-state index in [1.165, 1.54) is 11.3 Å². The molecule has 0 aliphatic carbocycles. The summed E-state index contributed by atoms with van der Waals surface area (Å²) in [4.78, 5) is 0. The molecule has 0 aliphatic rings. The molecular weight excluding hydrogens is 226 g/mol. The van der Waals surface area contributed by atoms with E-state index in [0.717, 1.165) is 24.5 Å². The molecule has 0 radical (unpaired) electrons. The maximum absolute atomic E-state index is 5.53. The third kappa shape index (κ3) is 4.87. The maximum atomic E-state index is 5.53. The minimum Gasteiger partial charge on any atom is -0.463 e. The van der Waals surface area contributed by atoms with Gasteiger partial charge in [0, 0.05) is 13.7 Å². The number of rotatable bonds is 8. The molecule has 1 rings (SSSR count). The van der Waals surface area contributed by atoms with Gasteiger partial charge in [-0.25, -0.2) is 0 Å². The summed E-state index contributed by atoms with van der Waals surface area (Å²) in [5.41, 5.74) is 0. The second-order valence-corrected chi connectivity index (χ2v) is 4.55. The van der Waals surface area contributed by atoms with E-state index >= 15 is 0 Å². The van der Waals surface area contributed by atoms with Crippen LogP contribution >= 0.6 is 11.3 Å². The molecule has 0 saturated heterocycles. The third-order valence-electron chi connectivity index (χ3n) is 1.85. The Hall–Kier alpha value is -0.720. The first-order chi connectivity index (χ1) is 7.76. The van der Waals surface area contributed by atoms with E-state index < -0.39 is 0 Å². The van der Waals surface area contributed by atoms with Crippen molar-refractivity contribution in [3.05, 3.63) is 5.01 Å². The number of hydrogen-bond donors (Lipinski definition) is 1. The smallest absolute Gasteiger partial charge is 0.294 e. The molecule has 0 aliphatic heterocycles. The largest absolute Gasteiger partial charge is 0.463 e. The molecule has 5 nitrogen and oxygen atoms in total. The molecule has 0 saturated carbocycles. The third-order valence-corrected chi connectivity index (χ3v) is 2.67. The Bertz CT molecular complexity index is 293. The van der Waals surface area contributed by atoms with Crippen LogP contribution in [-0.4, -0.2) is 36.6 Å². The van der Waals surface area contributed by atoms with Crippen molar-refractivity contribution in [2.75, 3.05) is 20.3 Å². The lowest BCUT2D eigenvalue weighted by molar-refractivity contribution is 0.0914. The molecule has 1 aromatic heterocycles. The number of nitrogens with zero attached hydrogens (tertiary/aromatic N) is 2. The summed E-state index contributed by atoms with van der Waals surface area (Å²) in [6.07, 6.45) is 1.13. The molecule has 92 valence electrons. The quantitative estimate of drug-likeness (QED) is 0.703. The summed E-state index contributed by atoms with van der Waals surface area (Å²) < 4.78 is 10.5. The molecule has 0 spiro atoms. The van der Waals surface area contributed by atoms with Crippen LogP contribution in [0.25, 0.3) is 0 Å². The van der Waals surface area contributed by atoms with Gasteiger partial charge >= 0.3 is 0 Å². The fourth-order valence-electron chi connectivity index (χ4n) is 1.17. The molecule has 0 fully saturated rings. The van der Waals surface area contributed by atoms with Crippen molar-refractivity contribution in [3.8, 4) is 5.19 Å². The summed E-state index contributed by atoms with van der Waals surface area (Å²) in [6.45, 7) is 6.39. The van der Waals surface area contributed by atoms with Gasteiger partial charge in [-0.3, -0.25) is 0 Å².